The Kier molecular flexibility index (Phi) is 5.59. The van der Waals surface area contributed by atoms with Crippen LogP contribution in [0.2, 0.25) is 0 Å². The fraction of sp³-hybridized carbons (Fsp3) is 0.148. The van der Waals surface area contributed by atoms with Gasteiger partial charge in [-0.1, -0.05) is 72.3 Å². The fourth-order valence-corrected chi connectivity index (χ4v) is 4.13. The number of benzene rings is 3. The largest absolute Gasteiger partial charge is 0.495 e. The Morgan fingerprint density at radius 3 is 2.24 bits per heavy atom. The van der Waals surface area contributed by atoms with Crippen molar-refractivity contribution >= 4 is 11.2 Å². The number of para-hydroxylation sites is 2. The molecular formula is C27H24N4O3. The Morgan fingerprint density at radius 1 is 0.824 bits per heavy atom. The molecule has 0 aliphatic heterocycles. The zero-order chi connectivity index (χ0) is 23.7. The van der Waals surface area contributed by atoms with Gasteiger partial charge in [0.15, 0.2) is 11.2 Å². The van der Waals surface area contributed by atoms with Gasteiger partial charge in [-0.2, -0.15) is 0 Å². The van der Waals surface area contributed by atoms with Crippen LogP contribution in [-0.4, -0.2) is 25.8 Å². The van der Waals surface area contributed by atoms with E-state index in [4.69, 9.17) is 4.74 Å². The maximum Gasteiger partial charge on any atom is 0.337 e. The molecule has 7 nitrogen and oxygen atoms in total. The predicted molar refractivity (Wildman–Crippen MR) is 132 cm³/mol. The fourth-order valence-electron chi connectivity index (χ4n) is 4.13. The van der Waals surface area contributed by atoms with E-state index in [1.165, 1.54) is 9.13 Å². The average molecular weight is 453 g/mol. The van der Waals surface area contributed by atoms with Gasteiger partial charge in [0.2, 0.25) is 0 Å². The molecule has 0 radical (unpaired) electrons. The minimum atomic E-state index is -0.466. The van der Waals surface area contributed by atoms with Gasteiger partial charge in [0.25, 0.3) is 5.56 Å². The number of aryl methyl sites for hydroxylation is 1. The van der Waals surface area contributed by atoms with Crippen molar-refractivity contribution in [1.29, 1.82) is 0 Å². The summed E-state index contributed by atoms with van der Waals surface area (Å²) in [7, 11) is 1.55. The van der Waals surface area contributed by atoms with Crippen LogP contribution >= 0.6 is 0 Å². The number of methoxy groups -OCH3 is 1. The van der Waals surface area contributed by atoms with E-state index in [9.17, 15) is 9.59 Å². The lowest BCUT2D eigenvalue weighted by molar-refractivity contribution is 0.412. The zero-order valence-corrected chi connectivity index (χ0v) is 19.0. The zero-order valence-electron chi connectivity index (χ0n) is 19.0. The third-order valence-corrected chi connectivity index (χ3v) is 5.88. The van der Waals surface area contributed by atoms with E-state index in [0.29, 0.717) is 29.1 Å². The van der Waals surface area contributed by atoms with Crippen LogP contribution in [0.1, 0.15) is 16.7 Å². The Bertz CT molecular complexity index is 1580. The summed E-state index contributed by atoms with van der Waals surface area (Å²) in [5.74, 6) is 0.517. The second kappa shape index (κ2) is 8.86. The van der Waals surface area contributed by atoms with Crippen LogP contribution in [-0.2, 0) is 13.1 Å². The number of fused-ring (bicyclic) bond motifs is 1. The van der Waals surface area contributed by atoms with E-state index in [1.54, 1.807) is 30.1 Å². The van der Waals surface area contributed by atoms with Crippen LogP contribution < -0.4 is 16.0 Å². The molecule has 0 unspecified atom stereocenters. The number of hydrogen-bond acceptors (Lipinski definition) is 4. The van der Waals surface area contributed by atoms with Gasteiger partial charge in [-0.3, -0.25) is 9.36 Å². The van der Waals surface area contributed by atoms with Crippen LogP contribution in [0.3, 0.4) is 0 Å². The lowest BCUT2D eigenvalue weighted by Gasteiger charge is -2.15. The monoisotopic (exact) mass is 452 g/mol. The van der Waals surface area contributed by atoms with Gasteiger partial charge in [0.1, 0.15) is 5.75 Å². The van der Waals surface area contributed by atoms with E-state index < -0.39 is 5.69 Å². The molecule has 0 spiro atoms. The van der Waals surface area contributed by atoms with Gasteiger partial charge in [-0.15, -0.1) is 0 Å². The minimum absolute atomic E-state index is 0.152. The third-order valence-electron chi connectivity index (χ3n) is 5.88. The Morgan fingerprint density at radius 2 is 1.50 bits per heavy atom. The Labute approximate surface area is 196 Å². The van der Waals surface area contributed by atoms with E-state index in [1.807, 2.05) is 73.7 Å². The smallest absolute Gasteiger partial charge is 0.337 e. The summed E-state index contributed by atoms with van der Waals surface area (Å²) in [5.41, 5.74) is 3.41. The molecule has 5 aromatic rings. The highest BCUT2D eigenvalue weighted by Gasteiger charge is 2.21. The van der Waals surface area contributed by atoms with Gasteiger partial charge < -0.3 is 9.30 Å². The van der Waals surface area contributed by atoms with Crippen LogP contribution in [0.25, 0.3) is 16.9 Å². The highest BCUT2D eigenvalue weighted by Crippen LogP contribution is 2.23. The number of hydrogen-bond donors (Lipinski definition) is 0. The highest BCUT2D eigenvalue weighted by molar-refractivity contribution is 5.73. The van der Waals surface area contributed by atoms with E-state index in [-0.39, 0.29) is 12.1 Å². The first kappa shape index (κ1) is 21.5. The van der Waals surface area contributed by atoms with Crippen molar-refractivity contribution < 1.29 is 4.74 Å². The van der Waals surface area contributed by atoms with E-state index >= 15 is 0 Å². The average Bonchev–Trinajstić information content (AvgIpc) is 3.27. The molecule has 0 aliphatic carbocycles. The molecule has 0 amide bonds. The van der Waals surface area contributed by atoms with Crippen LogP contribution in [0.5, 0.6) is 5.75 Å². The summed E-state index contributed by atoms with van der Waals surface area (Å²) >= 11 is 0. The lowest BCUT2D eigenvalue weighted by Crippen LogP contribution is -2.40. The van der Waals surface area contributed by atoms with Crippen LogP contribution in [0.4, 0.5) is 0 Å². The summed E-state index contributed by atoms with van der Waals surface area (Å²) in [6.45, 7) is 2.64. The minimum Gasteiger partial charge on any atom is -0.495 e. The quantitative estimate of drug-likeness (QED) is 0.393. The summed E-state index contributed by atoms with van der Waals surface area (Å²) in [5, 5.41) is 0. The van der Waals surface area contributed by atoms with Gasteiger partial charge in [0.05, 0.1) is 25.7 Å². The van der Waals surface area contributed by atoms with Crippen molar-refractivity contribution in [2.24, 2.45) is 0 Å². The van der Waals surface area contributed by atoms with Gasteiger partial charge in [-0.25, -0.2) is 14.3 Å². The molecule has 2 heterocycles. The molecule has 34 heavy (non-hydrogen) atoms. The van der Waals surface area contributed by atoms with Crippen molar-refractivity contribution in [2.45, 2.75) is 20.0 Å². The molecule has 3 aromatic carbocycles. The molecule has 7 heteroatoms. The molecule has 0 saturated heterocycles. The maximum atomic E-state index is 13.7. The van der Waals surface area contributed by atoms with Crippen LogP contribution in [0.15, 0.2) is 94.8 Å². The molecule has 0 N–H and O–H groups in total. The summed E-state index contributed by atoms with van der Waals surface area (Å²) in [6, 6.07) is 24.8. The molecule has 0 bridgehead atoms. The topological polar surface area (TPSA) is 71.1 Å². The van der Waals surface area contributed by atoms with E-state index in [2.05, 4.69) is 4.98 Å². The standard InChI is InChI=1S/C27H24N4O3/c1-19-12-14-21(15-13-19)16-29-18-28-25-24(29)26(32)30(17-20-8-4-3-5-9-20)27(33)31(25)22-10-6-7-11-23(22)34-2/h3-15,18H,16-17H2,1-2H3. The summed E-state index contributed by atoms with van der Waals surface area (Å²) in [6.07, 6.45) is 1.62. The molecule has 2 aromatic heterocycles. The first-order valence-electron chi connectivity index (χ1n) is 11.0. The van der Waals surface area contributed by atoms with Crippen molar-refractivity contribution in [3.8, 4) is 11.4 Å². The first-order chi connectivity index (χ1) is 16.6. The number of rotatable bonds is 6. The molecule has 0 atom stereocenters. The van der Waals surface area contributed by atoms with Crippen molar-refractivity contribution in [3.63, 3.8) is 0 Å². The second-order valence-corrected chi connectivity index (χ2v) is 8.20. The summed E-state index contributed by atoms with van der Waals surface area (Å²) < 4.78 is 10.0. The number of aromatic nitrogens is 4. The van der Waals surface area contributed by atoms with Crippen molar-refractivity contribution in [1.82, 2.24) is 18.7 Å². The number of imidazole rings is 1. The molecule has 0 aliphatic rings. The van der Waals surface area contributed by atoms with Crippen molar-refractivity contribution in [3.05, 3.63) is 123 Å². The van der Waals surface area contributed by atoms with Crippen molar-refractivity contribution in [2.75, 3.05) is 7.11 Å². The number of ether oxygens (including phenoxy) is 1. The third kappa shape index (κ3) is 3.81. The molecule has 5 rings (SSSR count). The maximum absolute atomic E-state index is 13.7. The van der Waals surface area contributed by atoms with Gasteiger partial charge >= 0.3 is 5.69 Å². The molecular weight excluding hydrogens is 428 g/mol. The molecule has 0 fully saturated rings. The second-order valence-electron chi connectivity index (χ2n) is 8.20. The normalized spacial score (nSPS) is 11.1. The molecule has 0 saturated carbocycles. The van der Waals surface area contributed by atoms with Gasteiger partial charge in [-0.05, 0) is 30.2 Å². The number of nitrogens with zero attached hydrogens (tertiary/aromatic N) is 4. The highest BCUT2D eigenvalue weighted by atomic mass is 16.5. The van der Waals surface area contributed by atoms with Gasteiger partial charge in [0, 0.05) is 6.54 Å². The molecule has 170 valence electrons. The Hall–Kier alpha value is -4.39. The summed E-state index contributed by atoms with van der Waals surface area (Å²) in [4.78, 5) is 31.9. The first-order valence-corrected chi connectivity index (χ1v) is 11.0. The SMILES string of the molecule is COc1ccccc1-n1c(=O)n(Cc2ccccc2)c(=O)c2c1ncn2Cc1ccc(C)cc1. The van der Waals surface area contributed by atoms with E-state index in [0.717, 1.165) is 16.7 Å². The predicted octanol–water partition coefficient (Wildman–Crippen LogP) is 3.76. The Balaban J connectivity index is 1.78. The lowest BCUT2D eigenvalue weighted by atomic mass is 10.1. The van der Waals surface area contributed by atoms with Crippen LogP contribution in [0, 0.1) is 6.92 Å².